The minimum atomic E-state index is 0. The third kappa shape index (κ3) is 1.99. The molecule has 0 bridgehead atoms. The van der Waals surface area contributed by atoms with Crippen molar-refractivity contribution in [2.45, 2.75) is 0 Å². The molecule has 14 heavy (non-hydrogen) atoms. The maximum Gasteiger partial charge on any atom is 0.130 e. The maximum atomic E-state index is 5.61. The van der Waals surface area contributed by atoms with Gasteiger partial charge in [-0.15, -0.1) is 12.4 Å². The van der Waals surface area contributed by atoms with E-state index in [1.165, 1.54) is 0 Å². The number of benzene rings is 1. The predicted molar refractivity (Wildman–Crippen MR) is 62.1 cm³/mol. The Bertz CT molecular complexity index is 332. The number of halogens is 1. The SMILES string of the molecule is CN1CCN=C1c1ccc(N)cc1.Cl. The van der Waals surface area contributed by atoms with E-state index in [4.69, 9.17) is 5.73 Å². The first-order chi connectivity index (χ1) is 6.27. The molecule has 0 amide bonds. The van der Waals surface area contributed by atoms with E-state index in [0.29, 0.717) is 0 Å². The molecule has 1 aromatic carbocycles. The Morgan fingerprint density at radius 1 is 1.29 bits per heavy atom. The summed E-state index contributed by atoms with van der Waals surface area (Å²) in [6.07, 6.45) is 0. The number of anilines is 1. The Balaban J connectivity index is 0.000000980. The van der Waals surface area contributed by atoms with Gasteiger partial charge < -0.3 is 10.6 Å². The molecule has 0 aromatic heterocycles. The molecule has 0 saturated heterocycles. The minimum absolute atomic E-state index is 0. The highest BCUT2D eigenvalue weighted by molar-refractivity contribution is 5.99. The number of nitrogens with zero attached hydrogens (tertiary/aromatic N) is 2. The van der Waals surface area contributed by atoms with E-state index >= 15 is 0 Å². The Kier molecular flexibility index (Phi) is 3.36. The fraction of sp³-hybridized carbons (Fsp3) is 0.300. The summed E-state index contributed by atoms with van der Waals surface area (Å²) in [4.78, 5) is 6.58. The Hall–Kier alpha value is -1.22. The summed E-state index contributed by atoms with van der Waals surface area (Å²) in [5, 5.41) is 0. The molecule has 0 atom stereocenters. The van der Waals surface area contributed by atoms with E-state index in [2.05, 4.69) is 16.9 Å². The van der Waals surface area contributed by atoms with Gasteiger partial charge in [0.25, 0.3) is 0 Å². The van der Waals surface area contributed by atoms with Gasteiger partial charge in [-0.2, -0.15) is 0 Å². The Morgan fingerprint density at radius 2 is 1.93 bits per heavy atom. The van der Waals surface area contributed by atoms with Crippen molar-refractivity contribution in [3.05, 3.63) is 29.8 Å². The lowest BCUT2D eigenvalue weighted by atomic mass is 10.2. The number of nitrogens with two attached hydrogens (primary N) is 1. The number of hydrogen-bond donors (Lipinski definition) is 1. The largest absolute Gasteiger partial charge is 0.399 e. The third-order valence-electron chi connectivity index (χ3n) is 2.23. The first-order valence-corrected chi connectivity index (χ1v) is 4.39. The van der Waals surface area contributed by atoms with Gasteiger partial charge in [0.2, 0.25) is 0 Å². The maximum absolute atomic E-state index is 5.61. The highest BCUT2D eigenvalue weighted by Gasteiger charge is 2.13. The molecule has 3 nitrogen and oxygen atoms in total. The van der Waals surface area contributed by atoms with Crippen LogP contribution in [-0.2, 0) is 0 Å². The van der Waals surface area contributed by atoms with Crippen molar-refractivity contribution in [1.82, 2.24) is 4.90 Å². The van der Waals surface area contributed by atoms with Crippen molar-refractivity contribution in [2.24, 2.45) is 4.99 Å². The molecule has 1 aromatic rings. The average molecular weight is 212 g/mol. The molecule has 2 rings (SSSR count). The number of nitrogen functional groups attached to an aromatic ring is 1. The fourth-order valence-corrected chi connectivity index (χ4v) is 1.48. The molecule has 76 valence electrons. The molecule has 1 aliphatic heterocycles. The van der Waals surface area contributed by atoms with Crippen LogP contribution >= 0.6 is 12.4 Å². The molecule has 0 fully saturated rings. The van der Waals surface area contributed by atoms with Crippen LogP contribution in [0.1, 0.15) is 5.56 Å². The van der Waals surface area contributed by atoms with Crippen LogP contribution in [0.5, 0.6) is 0 Å². The second kappa shape index (κ2) is 4.33. The van der Waals surface area contributed by atoms with Gasteiger partial charge >= 0.3 is 0 Å². The highest BCUT2D eigenvalue weighted by atomic mass is 35.5. The summed E-state index contributed by atoms with van der Waals surface area (Å²) in [6, 6.07) is 7.83. The molecular weight excluding hydrogens is 198 g/mol. The van der Waals surface area contributed by atoms with Crippen molar-refractivity contribution < 1.29 is 0 Å². The zero-order valence-electron chi connectivity index (χ0n) is 8.10. The van der Waals surface area contributed by atoms with E-state index in [0.717, 1.165) is 30.2 Å². The van der Waals surface area contributed by atoms with Crippen LogP contribution in [0.15, 0.2) is 29.3 Å². The molecule has 1 heterocycles. The van der Waals surface area contributed by atoms with Gasteiger partial charge in [-0.05, 0) is 24.3 Å². The molecule has 0 radical (unpaired) electrons. The number of likely N-dealkylation sites (N-methyl/N-ethyl adjacent to an activating group) is 1. The monoisotopic (exact) mass is 211 g/mol. The molecule has 0 spiro atoms. The zero-order chi connectivity index (χ0) is 9.26. The van der Waals surface area contributed by atoms with E-state index < -0.39 is 0 Å². The smallest absolute Gasteiger partial charge is 0.130 e. The lowest BCUT2D eigenvalue weighted by Gasteiger charge is -2.13. The summed E-state index contributed by atoms with van der Waals surface area (Å²) < 4.78 is 0. The van der Waals surface area contributed by atoms with E-state index in [1.54, 1.807) is 0 Å². The normalized spacial score (nSPS) is 14.9. The van der Waals surface area contributed by atoms with Crippen molar-refractivity contribution in [3.8, 4) is 0 Å². The zero-order valence-corrected chi connectivity index (χ0v) is 8.92. The third-order valence-corrected chi connectivity index (χ3v) is 2.23. The fourth-order valence-electron chi connectivity index (χ4n) is 1.48. The van der Waals surface area contributed by atoms with E-state index in [-0.39, 0.29) is 12.4 Å². The van der Waals surface area contributed by atoms with Gasteiger partial charge in [0.1, 0.15) is 5.84 Å². The van der Waals surface area contributed by atoms with E-state index in [9.17, 15) is 0 Å². The van der Waals surface area contributed by atoms with Crippen LogP contribution in [0.4, 0.5) is 5.69 Å². The summed E-state index contributed by atoms with van der Waals surface area (Å²) in [6.45, 7) is 1.91. The number of hydrogen-bond acceptors (Lipinski definition) is 3. The van der Waals surface area contributed by atoms with Crippen LogP contribution in [0, 0.1) is 0 Å². The minimum Gasteiger partial charge on any atom is -0.399 e. The quantitative estimate of drug-likeness (QED) is 0.714. The predicted octanol–water partition coefficient (Wildman–Crippen LogP) is 1.38. The second-order valence-corrected chi connectivity index (χ2v) is 3.25. The summed E-state index contributed by atoms with van der Waals surface area (Å²) >= 11 is 0. The summed E-state index contributed by atoms with van der Waals surface area (Å²) in [5.41, 5.74) is 7.55. The van der Waals surface area contributed by atoms with Gasteiger partial charge in [0.15, 0.2) is 0 Å². The Labute approximate surface area is 90.0 Å². The van der Waals surface area contributed by atoms with Crippen LogP contribution in [-0.4, -0.2) is 30.9 Å². The van der Waals surface area contributed by atoms with Crippen LogP contribution in [0.25, 0.3) is 0 Å². The van der Waals surface area contributed by atoms with Crippen molar-refractivity contribution in [2.75, 3.05) is 25.9 Å². The van der Waals surface area contributed by atoms with Gasteiger partial charge in [-0.1, -0.05) is 0 Å². The van der Waals surface area contributed by atoms with Crippen LogP contribution in [0.3, 0.4) is 0 Å². The van der Waals surface area contributed by atoms with Gasteiger partial charge in [0.05, 0.1) is 6.54 Å². The molecule has 2 N–H and O–H groups in total. The lowest BCUT2D eigenvalue weighted by molar-refractivity contribution is 0.557. The standard InChI is InChI=1S/C10H13N3.ClH/c1-13-7-6-12-10(13)8-2-4-9(11)5-3-8;/h2-5H,6-7,11H2,1H3;1H. The first-order valence-electron chi connectivity index (χ1n) is 4.39. The lowest BCUT2D eigenvalue weighted by Crippen LogP contribution is -2.23. The first kappa shape index (κ1) is 10.9. The van der Waals surface area contributed by atoms with E-state index in [1.807, 2.05) is 24.3 Å². The number of rotatable bonds is 1. The number of aliphatic imine (C=N–C) groups is 1. The summed E-state index contributed by atoms with van der Waals surface area (Å²) in [5.74, 6) is 1.07. The molecule has 0 saturated carbocycles. The van der Waals surface area contributed by atoms with Gasteiger partial charge in [-0.3, -0.25) is 4.99 Å². The van der Waals surface area contributed by atoms with Gasteiger partial charge in [-0.25, -0.2) is 0 Å². The van der Waals surface area contributed by atoms with Crippen molar-refractivity contribution in [3.63, 3.8) is 0 Å². The molecule has 0 aliphatic carbocycles. The van der Waals surface area contributed by atoms with Crippen LogP contribution in [0.2, 0.25) is 0 Å². The topological polar surface area (TPSA) is 41.6 Å². The van der Waals surface area contributed by atoms with Crippen molar-refractivity contribution in [1.29, 1.82) is 0 Å². The Morgan fingerprint density at radius 3 is 2.43 bits per heavy atom. The van der Waals surface area contributed by atoms with Crippen molar-refractivity contribution >= 4 is 23.9 Å². The summed E-state index contributed by atoms with van der Waals surface area (Å²) in [7, 11) is 2.06. The average Bonchev–Trinajstić information content (AvgIpc) is 2.53. The highest BCUT2D eigenvalue weighted by Crippen LogP contribution is 2.11. The number of amidine groups is 1. The van der Waals surface area contributed by atoms with Crippen LogP contribution < -0.4 is 5.73 Å². The molecule has 1 aliphatic rings. The molecular formula is C10H14ClN3. The van der Waals surface area contributed by atoms with Gasteiger partial charge in [0, 0.05) is 24.8 Å². The molecule has 4 heteroatoms. The second-order valence-electron chi connectivity index (χ2n) is 3.25. The molecule has 0 unspecified atom stereocenters.